The fraction of sp³-hybridized carbons (Fsp3) is 0.0714. The Morgan fingerprint density at radius 3 is 2.75 bits per heavy atom. The molecule has 102 valence electrons. The second-order valence-corrected chi connectivity index (χ2v) is 6.10. The largest absolute Gasteiger partial charge is 0.459 e. The van der Waals surface area contributed by atoms with Crippen LogP contribution in [-0.2, 0) is 0 Å². The summed E-state index contributed by atoms with van der Waals surface area (Å²) >= 11 is 6.77. The summed E-state index contributed by atoms with van der Waals surface area (Å²) < 4.78 is 20.5. The Bertz CT molecular complexity index is 788. The van der Waals surface area contributed by atoms with Crippen molar-refractivity contribution in [3.63, 3.8) is 0 Å². The molecule has 0 aliphatic rings. The number of hydrogen-bond donors (Lipinski definition) is 1. The summed E-state index contributed by atoms with van der Waals surface area (Å²) in [5.74, 6) is 0.238. The van der Waals surface area contributed by atoms with Crippen molar-refractivity contribution in [2.45, 2.75) is 6.04 Å². The van der Waals surface area contributed by atoms with E-state index in [1.807, 2.05) is 6.07 Å². The number of nitrogens with two attached hydrogens (primary N) is 1. The highest BCUT2D eigenvalue weighted by Crippen LogP contribution is 2.30. The summed E-state index contributed by atoms with van der Waals surface area (Å²) in [6.45, 7) is 0. The van der Waals surface area contributed by atoms with Crippen molar-refractivity contribution in [3.05, 3.63) is 62.7 Å². The van der Waals surface area contributed by atoms with Gasteiger partial charge in [-0.1, -0.05) is 0 Å². The van der Waals surface area contributed by atoms with Crippen LogP contribution in [0.3, 0.4) is 0 Å². The molecule has 0 saturated heterocycles. The molecule has 0 fully saturated rings. The summed E-state index contributed by atoms with van der Waals surface area (Å²) in [5, 5.41) is 0.684. The van der Waals surface area contributed by atoms with Crippen molar-refractivity contribution in [2.75, 3.05) is 0 Å². The van der Waals surface area contributed by atoms with E-state index < -0.39 is 6.04 Å². The molecule has 6 heteroatoms. The summed E-state index contributed by atoms with van der Waals surface area (Å²) in [6, 6.07) is 7.44. The van der Waals surface area contributed by atoms with Crippen molar-refractivity contribution >= 4 is 42.8 Å². The first-order chi connectivity index (χ1) is 9.54. The molecule has 3 aromatic rings. The number of aromatic nitrogens is 1. The van der Waals surface area contributed by atoms with E-state index in [4.69, 9.17) is 10.2 Å². The zero-order valence-electron chi connectivity index (χ0n) is 10.1. The molecule has 1 unspecified atom stereocenters. The second kappa shape index (κ2) is 5.27. The fourth-order valence-corrected chi connectivity index (χ4v) is 3.21. The highest BCUT2D eigenvalue weighted by molar-refractivity contribution is 9.11. The van der Waals surface area contributed by atoms with Crippen LogP contribution in [-0.4, -0.2) is 4.98 Å². The first-order valence-electron chi connectivity index (χ1n) is 5.80. The van der Waals surface area contributed by atoms with Crippen molar-refractivity contribution in [2.24, 2.45) is 5.73 Å². The molecular formula is C14H9Br2FN2O. The molecule has 2 N–H and O–H groups in total. The maximum Gasteiger partial charge on any atom is 0.134 e. The third kappa shape index (κ3) is 2.51. The predicted octanol–water partition coefficient (Wildman–Crippen LogP) is 4.54. The molecule has 0 spiro atoms. The minimum Gasteiger partial charge on any atom is -0.459 e. The van der Waals surface area contributed by atoms with Gasteiger partial charge in [0.05, 0.1) is 5.69 Å². The molecule has 0 bridgehead atoms. The molecule has 2 aromatic heterocycles. The van der Waals surface area contributed by atoms with E-state index in [1.165, 1.54) is 12.1 Å². The molecule has 0 amide bonds. The van der Waals surface area contributed by atoms with Crippen LogP contribution in [0.15, 0.2) is 49.9 Å². The van der Waals surface area contributed by atoms with Gasteiger partial charge in [-0.3, -0.25) is 4.98 Å². The lowest BCUT2D eigenvalue weighted by Gasteiger charge is -2.10. The smallest absolute Gasteiger partial charge is 0.134 e. The number of fused-ring (bicyclic) bond motifs is 1. The number of hydrogen-bond acceptors (Lipinski definition) is 3. The minimum absolute atomic E-state index is 0.304. The van der Waals surface area contributed by atoms with E-state index in [0.29, 0.717) is 22.4 Å². The van der Waals surface area contributed by atoms with Gasteiger partial charge < -0.3 is 10.2 Å². The lowest BCUT2D eigenvalue weighted by molar-refractivity contribution is 0.519. The average molecular weight is 400 g/mol. The van der Waals surface area contributed by atoms with Crippen LogP contribution in [0.1, 0.15) is 17.5 Å². The van der Waals surface area contributed by atoms with Crippen LogP contribution in [0.2, 0.25) is 0 Å². The lowest BCUT2D eigenvalue weighted by Crippen LogP contribution is -2.13. The van der Waals surface area contributed by atoms with Gasteiger partial charge in [0, 0.05) is 20.5 Å². The molecule has 0 radical (unpaired) electrons. The number of nitrogens with zero attached hydrogens (tertiary/aromatic N) is 1. The zero-order valence-corrected chi connectivity index (χ0v) is 13.3. The molecule has 0 aliphatic heterocycles. The predicted molar refractivity (Wildman–Crippen MR) is 81.8 cm³/mol. The minimum atomic E-state index is -0.520. The molecule has 2 heterocycles. The van der Waals surface area contributed by atoms with E-state index >= 15 is 0 Å². The van der Waals surface area contributed by atoms with Crippen molar-refractivity contribution in [3.8, 4) is 0 Å². The number of benzene rings is 1. The molecule has 0 saturated carbocycles. The Labute approximate surface area is 131 Å². The Balaban J connectivity index is 2.05. The van der Waals surface area contributed by atoms with Crippen LogP contribution in [0, 0.1) is 5.82 Å². The van der Waals surface area contributed by atoms with Gasteiger partial charge in [0.2, 0.25) is 0 Å². The van der Waals surface area contributed by atoms with Crippen LogP contribution in [0.5, 0.6) is 0 Å². The Morgan fingerprint density at radius 2 is 2.00 bits per heavy atom. The SMILES string of the molecule is NC(c1cc2cc(F)ccc2o1)c1ncc(Br)cc1Br. The monoisotopic (exact) mass is 398 g/mol. The quantitative estimate of drug-likeness (QED) is 0.688. The van der Waals surface area contributed by atoms with Crippen LogP contribution < -0.4 is 5.73 Å². The van der Waals surface area contributed by atoms with Crippen molar-refractivity contribution < 1.29 is 8.81 Å². The van der Waals surface area contributed by atoms with Crippen molar-refractivity contribution in [1.82, 2.24) is 4.98 Å². The van der Waals surface area contributed by atoms with Gasteiger partial charge >= 0.3 is 0 Å². The maximum atomic E-state index is 13.2. The van der Waals surface area contributed by atoms with E-state index in [-0.39, 0.29) is 5.82 Å². The third-order valence-electron chi connectivity index (χ3n) is 2.93. The Morgan fingerprint density at radius 1 is 1.20 bits per heavy atom. The highest BCUT2D eigenvalue weighted by atomic mass is 79.9. The topological polar surface area (TPSA) is 52.0 Å². The van der Waals surface area contributed by atoms with E-state index in [9.17, 15) is 4.39 Å². The van der Waals surface area contributed by atoms with Gasteiger partial charge in [-0.2, -0.15) is 0 Å². The van der Waals surface area contributed by atoms with Gasteiger partial charge in [-0.15, -0.1) is 0 Å². The molecule has 20 heavy (non-hydrogen) atoms. The summed E-state index contributed by atoms with van der Waals surface area (Å²) in [5.41, 5.74) is 7.44. The molecular weight excluding hydrogens is 391 g/mol. The second-order valence-electron chi connectivity index (χ2n) is 4.33. The molecule has 3 rings (SSSR count). The Hall–Kier alpha value is -1.24. The fourth-order valence-electron chi connectivity index (χ4n) is 1.98. The summed E-state index contributed by atoms with van der Waals surface area (Å²) in [7, 11) is 0. The van der Waals surface area contributed by atoms with E-state index in [0.717, 1.165) is 8.95 Å². The first-order valence-corrected chi connectivity index (χ1v) is 7.39. The number of rotatable bonds is 2. The number of furan rings is 1. The molecule has 3 nitrogen and oxygen atoms in total. The zero-order chi connectivity index (χ0) is 14.3. The maximum absolute atomic E-state index is 13.2. The van der Waals surface area contributed by atoms with E-state index in [1.54, 1.807) is 18.3 Å². The highest BCUT2D eigenvalue weighted by Gasteiger charge is 2.18. The van der Waals surface area contributed by atoms with Crippen molar-refractivity contribution in [1.29, 1.82) is 0 Å². The lowest BCUT2D eigenvalue weighted by atomic mass is 10.1. The van der Waals surface area contributed by atoms with Gasteiger partial charge in [-0.25, -0.2) is 4.39 Å². The van der Waals surface area contributed by atoms with Crippen LogP contribution in [0.4, 0.5) is 4.39 Å². The first kappa shape index (κ1) is 13.7. The van der Waals surface area contributed by atoms with Gasteiger partial charge in [0.15, 0.2) is 0 Å². The normalized spacial score (nSPS) is 12.8. The van der Waals surface area contributed by atoms with Gasteiger partial charge in [0.1, 0.15) is 23.2 Å². The van der Waals surface area contributed by atoms with Crippen LogP contribution in [0.25, 0.3) is 11.0 Å². The number of pyridine rings is 1. The third-order valence-corrected chi connectivity index (χ3v) is 4.00. The van der Waals surface area contributed by atoms with Crippen LogP contribution >= 0.6 is 31.9 Å². The molecule has 1 aromatic carbocycles. The Kier molecular flexibility index (Phi) is 3.62. The standard InChI is InChI=1S/C14H9Br2FN2O/c15-8-5-10(16)14(19-6-8)13(18)12-4-7-3-9(17)1-2-11(7)20-12/h1-6,13H,18H2. The van der Waals surface area contributed by atoms with Gasteiger partial charge in [-0.05, 0) is 62.2 Å². The molecule has 1 atom stereocenters. The molecule has 0 aliphatic carbocycles. The van der Waals surface area contributed by atoms with E-state index in [2.05, 4.69) is 36.8 Å². The van der Waals surface area contributed by atoms with Gasteiger partial charge in [0.25, 0.3) is 0 Å². The summed E-state index contributed by atoms with van der Waals surface area (Å²) in [4.78, 5) is 4.29. The number of halogens is 3. The average Bonchev–Trinajstić information content (AvgIpc) is 2.81. The summed E-state index contributed by atoms with van der Waals surface area (Å²) in [6.07, 6.45) is 1.67.